The van der Waals surface area contributed by atoms with Crippen molar-refractivity contribution in [3.8, 4) is 17.2 Å². The number of rotatable bonds is 32. The van der Waals surface area contributed by atoms with Gasteiger partial charge in [0.05, 0.1) is 45.9 Å². The van der Waals surface area contributed by atoms with Crippen LogP contribution >= 0.6 is 23.2 Å². The van der Waals surface area contributed by atoms with Gasteiger partial charge in [0.25, 0.3) is 0 Å². The molecule has 7 aromatic carbocycles. The standard InChI is InChI=1S/C28H35N3O4S.C24H28ClN3O2.C24H27ClN2O2.C22H32N2O/c1-21(32)26-20-30(28-25(26)10-6-11-27(28)35-2)17-7-16-29-18-14-23(15-19-29)31(22-12-13-22)36(33,34)24-8-4-3-5-9-24;1-18(29)20-17-28(24-19(20)7-5-10-23(24)30-2)12-6-11-26-13-15-27(16-14-26)22-9-4-3-8-21(22)25;1-18(28)21-17-27(23-9-4-2-7-20(21)23)14-6-13-26-15-11-19(12-16-26)29-24-10-5-3-8-22(24)25;1-3-4-8-19-11-15-23(16-12-19)13-7-14-24-17-21(18(2)25)20-9-5-6-10-22(20)24/h3-6,8-11,20,22-23H,7,12-19H2,1-2H3;3-5,7-10,17H,6,11-16H2,1-2H3;2-5,7-10,17,19H,6,11-16H2,1H3;5-6,9-10,17,19H,3-4,7-8,11-16H2,1-2H3. The van der Waals surface area contributed by atoms with Gasteiger partial charge in [-0.15, -0.1) is 0 Å². The van der Waals surface area contributed by atoms with Gasteiger partial charge in [0, 0.05) is 157 Å². The molecule has 0 N–H and O–H groups in total. The molecule has 19 nitrogen and oxygen atoms in total. The maximum Gasteiger partial charge on any atom is 0.243 e. The average Bonchev–Trinajstić information content (AvgIpc) is 1.56. The third-order valence-electron chi connectivity index (χ3n) is 24.8. The van der Waals surface area contributed by atoms with E-state index in [1.54, 1.807) is 66.2 Å². The first-order valence-electron chi connectivity index (χ1n) is 43.7. The predicted molar refractivity (Wildman–Crippen MR) is 488 cm³/mol. The van der Waals surface area contributed by atoms with Crippen LogP contribution in [0.3, 0.4) is 0 Å². The van der Waals surface area contributed by atoms with Gasteiger partial charge in [-0.1, -0.05) is 153 Å². The summed E-state index contributed by atoms with van der Waals surface area (Å²) in [6.07, 6.45) is 25.0. The Labute approximate surface area is 720 Å². The lowest BCUT2D eigenvalue weighted by Crippen LogP contribution is -2.48. The number of ether oxygens (including phenoxy) is 3. The number of benzene rings is 7. The van der Waals surface area contributed by atoms with Gasteiger partial charge in [-0.3, -0.25) is 24.1 Å². The highest BCUT2D eigenvalue weighted by atomic mass is 35.5. The van der Waals surface area contributed by atoms with Gasteiger partial charge in [0.15, 0.2) is 23.1 Å². The van der Waals surface area contributed by atoms with Crippen LogP contribution in [-0.2, 0) is 36.2 Å². The van der Waals surface area contributed by atoms with E-state index in [0.717, 1.165) is 257 Å². The van der Waals surface area contributed by atoms with Crippen LogP contribution in [0.5, 0.6) is 17.2 Å². The van der Waals surface area contributed by atoms with Crippen LogP contribution in [0.4, 0.5) is 5.69 Å². The van der Waals surface area contributed by atoms with Crippen LogP contribution in [-0.4, -0.2) is 198 Å². The van der Waals surface area contributed by atoms with Crippen molar-refractivity contribution < 1.29 is 41.8 Å². The summed E-state index contributed by atoms with van der Waals surface area (Å²) in [6.45, 7) is 27.0. The molecule has 11 aromatic rings. The summed E-state index contributed by atoms with van der Waals surface area (Å²) < 4.78 is 54.7. The van der Waals surface area contributed by atoms with E-state index in [-0.39, 0.29) is 41.3 Å². The maximum atomic E-state index is 13.4. The van der Waals surface area contributed by atoms with Gasteiger partial charge in [-0.05, 0) is 224 Å². The predicted octanol–water partition coefficient (Wildman–Crippen LogP) is 19.8. The molecule has 0 spiro atoms. The van der Waals surface area contributed by atoms with E-state index in [9.17, 15) is 27.6 Å². The van der Waals surface area contributed by atoms with Crippen molar-refractivity contribution in [2.45, 2.75) is 180 Å². The van der Waals surface area contributed by atoms with Crippen molar-refractivity contribution in [1.82, 2.24) is 42.2 Å². The number of ketones is 4. The van der Waals surface area contributed by atoms with Crippen molar-refractivity contribution in [1.29, 1.82) is 0 Å². The quantitative estimate of drug-likeness (QED) is 0.0365. The van der Waals surface area contributed by atoms with Crippen molar-refractivity contribution in [2.75, 3.05) is 111 Å². The summed E-state index contributed by atoms with van der Waals surface area (Å²) in [5, 5.41) is 5.54. The SMILES string of the molecule is CC(=O)c1cn(CCCN2CCC(Oc3ccccc3Cl)CC2)c2ccccc12.CCCCC1CCN(CCCn2cc(C(C)=O)c3ccccc32)CC1.COc1cccc2c(C(C)=O)cn(CCCN3CCC(N(C4CC4)S(=O)(=O)c4ccccc4)CC3)c12.COc1cccc2c(C(C)=O)cn(CCCN3CCN(c4ccccc4Cl)CC3)c12. The van der Waals surface area contributed by atoms with E-state index in [1.807, 2.05) is 138 Å². The summed E-state index contributed by atoms with van der Waals surface area (Å²) in [4.78, 5) is 60.9. The van der Waals surface area contributed by atoms with Crippen molar-refractivity contribution in [2.24, 2.45) is 5.92 Å². The number of likely N-dealkylation sites (tertiary alicyclic amines) is 3. The van der Waals surface area contributed by atoms with Crippen LogP contribution in [0.25, 0.3) is 43.6 Å². The Bertz CT molecular complexity index is 5350. The number of aryl methyl sites for hydroxylation is 4. The molecule has 22 heteroatoms. The number of methoxy groups -OCH3 is 2. The first-order chi connectivity index (χ1) is 58.3. The van der Waals surface area contributed by atoms with Gasteiger partial charge in [0.1, 0.15) is 23.4 Å². The van der Waals surface area contributed by atoms with Crippen LogP contribution in [0.1, 0.15) is 172 Å². The van der Waals surface area contributed by atoms with E-state index in [2.05, 4.69) is 80.0 Å². The lowest BCUT2D eigenvalue weighted by molar-refractivity contribution is 0.0993. The van der Waals surface area contributed by atoms with Gasteiger partial charge < -0.3 is 52.1 Å². The van der Waals surface area contributed by atoms with E-state index in [0.29, 0.717) is 9.92 Å². The number of unbranched alkanes of at least 4 members (excludes halogenated alkanes) is 1. The number of Topliss-reactive ketones (excluding diaryl/α,β-unsaturated/α-hetero) is 4. The third kappa shape index (κ3) is 22.4. The van der Waals surface area contributed by atoms with Gasteiger partial charge in [0.2, 0.25) is 10.0 Å². The molecule has 4 aromatic heterocycles. The number of hydrogen-bond acceptors (Lipinski definition) is 14. The molecule has 4 aliphatic heterocycles. The van der Waals surface area contributed by atoms with E-state index < -0.39 is 10.0 Å². The Hall–Kier alpha value is -9.09. The molecule has 0 amide bonds. The number of hydrogen-bond donors (Lipinski definition) is 0. The minimum absolute atomic E-state index is 0.0553. The number of nitrogens with zero attached hydrogens (tertiary/aromatic N) is 10. The number of fused-ring (bicyclic) bond motifs is 4. The molecule has 8 heterocycles. The zero-order valence-corrected chi connectivity index (χ0v) is 73.7. The molecular weight excluding hydrogens is 1560 g/mol. The number of carbonyl (C=O) groups excluding carboxylic acids is 4. The highest BCUT2D eigenvalue weighted by Gasteiger charge is 2.43. The largest absolute Gasteiger partial charge is 0.495 e. The lowest BCUT2D eigenvalue weighted by Gasteiger charge is -2.38. The molecule has 638 valence electrons. The summed E-state index contributed by atoms with van der Waals surface area (Å²) >= 11 is 12.6. The molecule has 1 saturated carbocycles. The molecule has 16 rings (SSSR count). The van der Waals surface area contributed by atoms with Crippen molar-refractivity contribution in [3.63, 3.8) is 0 Å². The number of carbonyl (C=O) groups is 4. The number of para-hydroxylation sites is 6. The van der Waals surface area contributed by atoms with Gasteiger partial charge in [-0.25, -0.2) is 8.42 Å². The molecule has 0 atom stereocenters. The highest BCUT2D eigenvalue weighted by Crippen LogP contribution is 2.39. The molecule has 0 bridgehead atoms. The van der Waals surface area contributed by atoms with Crippen molar-refractivity contribution >= 4 is 106 Å². The van der Waals surface area contributed by atoms with Gasteiger partial charge in [-0.2, -0.15) is 4.31 Å². The third-order valence-corrected chi connectivity index (χ3v) is 27.4. The minimum Gasteiger partial charge on any atom is -0.495 e. The second kappa shape index (κ2) is 42.6. The topological polar surface area (TPSA) is 169 Å². The second-order valence-corrected chi connectivity index (χ2v) is 35.7. The highest BCUT2D eigenvalue weighted by molar-refractivity contribution is 7.89. The smallest absolute Gasteiger partial charge is 0.243 e. The fourth-order valence-corrected chi connectivity index (χ4v) is 20.6. The minimum atomic E-state index is -3.47. The molecule has 5 aliphatic rings. The molecule has 4 saturated heterocycles. The number of anilines is 1. The Morgan fingerprint density at radius 3 is 1.23 bits per heavy atom. The Morgan fingerprint density at radius 2 is 0.775 bits per heavy atom. The van der Waals surface area contributed by atoms with Crippen LogP contribution in [0.15, 0.2) is 193 Å². The zero-order valence-electron chi connectivity index (χ0n) is 71.4. The number of sulfonamides is 1. The Balaban J connectivity index is 0.000000139. The molecule has 0 radical (unpaired) electrons. The Morgan fingerprint density at radius 1 is 0.392 bits per heavy atom. The van der Waals surface area contributed by atoms with Gasteiger partial charge >= 0.3 is 0 Å². The first-order valence-corrected chi connectivity index (χ1v) is 45.9. The van der Waals surface area contributed by atoms with Crippen LogP contribution in [0.2, 0.25) is 10.0 Å². The van der Waals surface area contributed by atoms with E-state index in [1.165, 1.54) is 57.3 Å². The number of aromatic nitrogens is 4. The average molecular weight is 1690 g/mol. The monoisotopic (exact) mass is 1680 g/mol. The number of piperazine rings is 1. The summed E-state index contributed by atoms with van der Waals surface area (Å²) in [5.74, 6) is 3.76. The Kier molecular flexibility index (Phi) is 31.5. The fraction of sp³-hybridized carbons (Fsp3) is 0.449. The summed E-state index contributed by atoms with van der Waals surface area (Å²) in [5.41, 5.74) is 8.59. The zero-order chi connectivity index (χ0) is 84.2. The second-order valence-electron chi connectivity index (χ2n) is 33.1. The molecule has 5 fully saturated rings. The molecule has 1 aliphatic carbocycles. The van der Waals surface area contributed by atoms with E-state index in [4.69, 9.17) is 37.4 Å². The van der Waals surface area contributed by atoms with E-state index >= 15 is 0 Å². The molecule has 0 unspecified atom stereocenters. The molecular formula is C98H122Cl2N10O9S. The summed E-state index contributed by atoms with van der Waals surface area (Å²) in [7, 11) is -0.130. The first kappa shape index (κ1) is 88.7. The van der Waals surface area contributed by atoms with Crippen molar-refractivity contribution in [3.05, 3.63) is 221 Å². The number of piperidine rings is 3. The summed E-state index contributed by atoms with van der Waals surface area (Å²) in [6, 6.07) is 53.0. The molecule has 120 heavy (non-hydrogen) atoms. The van der Waals surface area contributed by atoms with Crippen LogP contribution < -0.4 is 19.1 Å². The number of halogens is 2. The van der Waals surface area contributed by atoms with Crippen LogP contribution in [0, 0.1) is 5.92 Å². The maximum absolute atomic E-state index is 13.4. The fourth-order valence-electron chi connectivity index (χ4n) is 18.2. The normalized spacial score (nSPS) is 16.3. The lowest BCUT2D eigenvalue weighted by atomic mass is 9.91.